The van der Waals surface area contributed by atoms with Gasteiger partial charge in [0.15, 0.2) is 0 Å². The molecule has 0 unspecified atom stereocenters. The summed E-state index contributed by atoms with van der Waals surface area (Å²) in [6, 6.07) is 0. The van der Waals surface area contributed by atoms with Crippen molar-refractivity contribution < 1.29 is 29.0 Å². The van der Waals surface area contributed by atoms with Crippen LogP contribution in [0.5, 0.6) is 0 Å². The van der Waals surface area contributed by atoms with Crippen molar-refractivity contribution in [1.82, 2.24) is 0 Å². The Bertz CT molecular complexity index is 1000. The van der Waals surface area contributed by atoms with Crippen LogP contribution in [0.2, 0.25) is 0 Å². The van der Waals surface area contributed by atoms with Crippen LogP contribution in [0.1, 0.15) is 59.3 Å². The Labute approximate surface area is 181 Å². The molecule has 2 heterocycles. The Morgan fingerprint density at radius 1 is 1.06 bits per heavy atom. The molecule has 11 atom stereocenters. The minimum atomic E-state index is -0.624. The first kappa shape index (κ1) is 19.0. The number of rotatable bonds is 1. The van der Waals surface area contributed by atoms with Crippen LogP contribution in [0, 0.1) is 45.3 Å². The van der Waals surface area contributed by atoms with E-state index in [9.17, 15) is 19.5 Å². The average Bonchev–Trinajstić information content (AvgIpc) is 3.18. The molecule has 166 valence electrons. The summed E-state index contributed by atoms with van der Waals surface area (Å²) in [4.78, 5) is 39.1. The summed E-state index contributed by atoms with van der Waals surface area (Å²) in [7, 11) is 0. The Morgan fingerprint density at radius 3 is 2.55 bits per heavy atom. The number of carbonyl (C=O) groups is 3. The Kier molecular flexibility index (Phi) is 3.07. The van der Waals surface area contributed by atoms with E-state index in [0.29, 0.717) is 12.8 Å². The lowest BCUT2D eigenvalue weighted by Gasteiger charge is -2.72. The molecule has 3 spiro atoms. The van der Waals surface area contributed by atoms with Gasteiger partial charge in [-0.25, -0.2) is 0 Å². The lowest BCUT2D eigenvalue weighted by molar-refractivity contribution is -0.236. The number of aliphatic hydroxyl groups is 1. The molecule has 2 saturated heterocycles. The predicted molar refractivity (Wildman–Crippen MR) is 107 cm³/mol. The van der Waals surface area contributed by atoms with Gasteiger partial charge in [0.05, 0.1) is 24.0 Å². The van der Waals surface area contributed by atoms with E-state index < -0.39 is 46.3 Å². The SMILES string of the molecule is CC(=O)[C@H]1CC[C@@H]2[C@]1(C)C[C@H]1O[C@@]13[C@@]21C=C[C@]2(C[C@@H](O)CC[C@]32C)[C@H]2C(=O)OC(=O)[C@@H]21. The summed E-state index contributed by atoms with van der Waals surface area (Å²) >= 11 is 0. The standard InChI is InChI=1S/C25H30O6/c1-12(26)14-4-5-15-21(14,2)11-16-25(31-16)22(3)7-6-13(27)10-23(22)8-9-24(15,25)18-17(23)19(28)30-20(18)29/h8-9,13-18,27H,4-7,10-11H2,1-3H3/t13-,14+,15+,16+,17+,18+,21+,22-,23-,24-,25-/m0/s1. The van der Waals surface area contributed by atoms with Crippen LogP contribution >= 0.6 is 0 Å². The number of hydrogen-bond acceptors (Lipinski definition) is 6. The molecule has 6 heteroatoms. The number of fused-ring (bicyclic) bond motifs is 1. The molecule has 8 aliphatic rings. The highest BCUT2D eigenvalue weighted by Crippen LogP contribution is 2.88. The topological polar surface area (TPSA) is 93.2 Å². The number of ether oxygens (including phenoxy) is 2. The first-order chi connectivity index (χ1) is 14.6. The minimum absolute atomic E-state index is 0.0253. The maximum Gasteiger partial charge on any atom is 0.318 e. The van der Waals surface area contributed by atoms with Gasteiger partial charge in [-0.05, 0) is 56.8 Å². The molecular weight excluding hydrogens is 396 g/mol. The van der Waals surface area contributed by atoms with Crippen molar-refractivity contribution in [3.8, 4) is 0 Å². The molecule has 2 bridgehead atoms. The summed E-state index contributed by atoms with van der Waals surface area (Å²) in [6.45, 7) is 6.14. The predicted octanol–water partition coefficient (Wildman–Crippen LogP) is 2.57. The third kappa shape index (κ3) is 1.58. The van der Waals surface area contributed by atoms with Gasteiger partial charge in [-0.1, -0.05) is 26.0 Å². The van der Waals surface area contributed by atoms with E-state index in [1.165, 1.54) is 0 Å². The Balaban J connectivity index is 1.53. The lowest BCUT2D eigenvalue weighted by Crippen LogP contribution is -2.77. The number of carbonyl (C=O) groups excluding carboxylic acids is 3. The highest BCUT2D eigenvalue weighted by molar-refractivity contribution is 5.99. The minimum Gasteiger partial charge on any atom is -0.393 e. The summed E-state index contributed by atoms with van der Waals surface area (Å²) < 4.78 is 12.1. The number of epoxide rings is 1. The van der Waals surface area contributed by atoms with Gasteiger partial charge in [0.1, 0.15) is 11.4 Å². The fraction of sp³-hybridized carbons (Fsp3) is 0.800. The van der Waals surface area contributed by atoms with Gasteiger partial charge >= 0.3 is 11.9 Å². The van der Waals surface area contributed by atoms with Gasteiger partial charge in [-0.2, -0.15) is 0 Å². The number of esters is 2. The van der Waals surface area contributed by atoms with E-state index in [-0.39, 0.29) is 34.6 Å². The number of ketones is 1. The summed E-state index contributed by atoms with van der Waals surface area (Å²) in [5, 5.41) is 10.7. The second kappa shape index (κ2) is 5.01. The van der Waals surface area contributed by atoms with Gasteiger partial charge in [0.2, 0.25) is 0 Å². The van der Waals surface area contributed by atoms with Crippen molar-refractivity contribution >= 4 is 17.7 Å². The molecule has 6 fully saturated rings. The van der Waals surface area contributed by atoms with E-state index in [2.05, 4.69) is 26.0 Å². The summed E-state index contributed by atoms with van der Waals surface area (Å²) in [5.41, 5.74) is -2.36. The van der Waals surface area contributed by atoms with E-state index >= 15 is 0 Å². The number of Topliss-reactive ketones (excluding diaryl/α,β-unsaturated/α-hetero) is 1. The number of allylic oxidation sites excluding steroid dienone is 1. The van der Waals surface area contributed by atoms with Crippen LogP contribution in [0.3, 0.4) is 0 Å². The van der Waals surface area contributed by atoms with Crippen molar-refractivity contribution in [2.45, 2.75) is 77.1 Å². The van der Waals surface area contributed by atoms with Crippen LogP contribution in [-0.4, -0.2) is 40.6 Å². The van der Waals surface area contributed by atoms with Crippen LogP contribution in [0.4, 0.5) is 0 Å². The zero-order chi connectivity index (χ0) is 21.8. The average molecular weight is 427 g/mol. The third-order valence-electron chi connectivity index (χ3n) is 11.6. The number of cyclic esters (lactones) is 2. The zero-order valence-corrected chi connectivity index (χ0v) is 18.3. The number of hydrogen-bond donors (Lipinski definition) is 1. The Morgan fingerprint density at radius 2 is 1.81 bits per heavy atom. The monoisotopic (exact) mass is 426 g/mol. The maximum absolute atomic E-state index is 13.3. The molecule has 0 aromatic heterocycles. The first-order valence-electron chi connectivity index (χ1n) is 11.9. The van der Waals surface area contributed by atoms with Crippen LogP contribution in [0.25, 0.3) is 0 Å². The van der Waals surface area contributed by atoms with Gasteiger partial charge in [0, 0.05) is 22.2 Å². The molecular formula is C25H30O6. The molecule has 0 amide bonds. The molecule has 0 aromatic rings. The molecule has 31 heavy (non-hydrogen) atoms. The van der Waals surface area contributed by atoms with E-state index in [0.717, 1.165) is 25.7 Å². The molecule has 2 aliphatic heterocycles. The normalized spacial score (nSPS) is 62.3. The molecule has 4 saturated carbocycles. The zero-order valence-electron chi connectivity index (χ0n) is 18.3. The van der Waals surface area contributed by atoms with E-state index in [1.807, 2.05) is 0 Å². The van der Waals surface area contributed by atoms with E-state index in [4.69, 9.17) is 9.47 Å². The van der Waals surface area contributed by atoms with Crippen molar-refractivity contribution in [2.24, 2.45) is 45.3 Å². The fourth-order valence-electron chi connectivity index (χ4n) is 10.7. The molecule has 8 rings (SSSR count). The molecule has 6 aliphatic carbocycles. The van der Waals surface area contributed by atoms with Crippen LogP contribution < -0.4 is 0 Å². The quantitative estimate of drug-likeness (QED) is 0.300. The van der Waals surface area contributed by atoms with Crippen molar-refractivity contribution in [3.05, 3.63) is 12.2 Å². The first-order valence-corrected chi connectivity index (χ1v) is 11.9. The van der Waals surface area contributed by atoms with Gasteiger partial charge < -0.3 is 14.6 Å². The highest BCUT2D eigenvalue weighted by Gasteiger charge is 2.94. The number of aliphatic hydroxyl groups excluding tert-OH is 1. The summed E-state index contributed by atoms with van der Waals surface area (Å²) in [5.74, 6) is -1.74. The van der Waals surface area contributed by atoms with Crippen molar-refractivity contribution in [3.63, 3.8) is 0 Å². The summed E-state index contributed by atoms with van der Waals surface area (Å²) in [6.07, 6.45) is 8.29. The second-order valence-corrected chi connectivity index (χ2v) is 12.1. The fourth-order valence-corrected chi connectivity index (χ4v) is 10.7. The maximum atomic E-state index is 13.3. The second-order valence-electron chi connectivity index (χ2n) is 12.1. The third-order valence-corrected chi connectivity index (χ3v) is 11.6. The van der Waals surface area contributed by atoms with Crippen LogP contribution in [-0.2, 0) is 23.9 Å². The smallest absolute Gasteiger partial charge is 0.318 e. The van der Waals surface area contributed by atoms with Gasteiger partial charge in [-0.3, -0.25) is 14.4 Å². The molecule has 6 nitrogen and oxygen atoms in total. The molecule has 1 N–H and O–H groups in total. The highest BCUT2D eigenvalue weighted by atomic mass is 16.6. The molecule has 0 radical (unpaired) electrons. The molecule has 0 aromatic carbocycles. The van der Waals surface area contributed by atoms with Crippen molar-refractivity contribution in [2.75, 3.05) is 0 Å². The van der Waals surface area contributed by atoms with Crippen LogP contribution in [0.15, 0.2) is 12.2 Å². The lowest BCUT2D eigenvalue weighted by atomic mass is 9.27. The van der Waals surface area contributed by atoms with E-state index in [1.54, 1.807) is 6.92 Å². The largest absolute Gasteiger partial charge is 0.393 e. The van der Waals surface area contributed by atoms with Crippen molar-refractivity contribution in [1.29, 1.82) is 0 Å². The van der Waals surface area contributed by atoms with Gasteiger partial charge in [0.25, 0.3) is 0 Å². The Hall–Kier alpha value is -1.53. The van der Waals surface area contributed by atoms with Gasteiger partial charge in [-0.15, -0.1) is 0 Å².